The topological polar surface area (TPSA) is 55.4 Å². The molecule has 1 aliphatic rings. The molecule has 0 amide bonds. The standard InChI is InChI=1S/C24H21NO3/c26-16-28-23-14-22(23)18-9-11-21(12-10-18)25-15-17-5-4-8-20(13-17)24(27)19-6-2-1-3-7-19/h1-13,16,22-23,25H,14-15H2/t22-,23-/m1/s1. The van der Waals surface area contributed by atoms with Crippen LogP contribution in [-0.4, -0.2) is 18.4 Å². The van der Waals surface area contributed by atoms with Crippen LogP contribution in [-0.2, 0) is 16.1 Å². The highest BCUT2D eigenvalue weighted by atomic mass is 16.5. The Morgan fingerprint density at radius 2 is 1.71 bits per heavy atom. The summed E-state index contributed by atoms with van der Waals surface area (Å²) >= 11 is 0. The fraction of sp³-hybridized carbons (Fsp3) is 0.167. The first-order valence-electron chi connectivity index (χ1n) is 9.36. The number of carbonyl (C=O) groups excluding carboxylic acids is 2. The van der Waals surface area contributed by atoms with Crippen LogP contribution in [0.3, 0.4) is 0 Å². The summed E-state index contributed by atoms with van der Waals surface area (Å²) in [5, 5.41) is 3.39. The van der Waals surface area contributed by atoms with Crippen molar-refractivity contribution in [1.29, 1.82) is 0 Å². The SMILES string of the molecule is O=CO[C@@H]1C[C@@H]1c1ccc(NCc2cccc(C(=O)c3ccccc3)c2)cc1. The Morgan fingerprint density at radius 3 is 2.46 bits per heavy atom. The Labute approximate surface area is 164 Å². The molecule has 28 heavy (non-hydrogen) atoms. The van der Waals surface area contributed by atoms with Gasteiger partial charge in [0.05, 0.1) is 0 Å². The van der Waals surface area contributed by atoms with Crippen LogP contribution in [0.1, 0.15) is 39.4 Å². The van der Waals surface area contributed by atoms with Gasteiger partial charge >= 0.3 is 0 Å². The monoisotopic (exact) mass is 371 g/mol. The number of nitrogens with one attached hydrogen (secondary N) is 1. The van der Waals surface area contributed by atoms with Gasteiger partial charge in [-0.2, -0.15) is 0 Å². The second-order valence-electron chi connectivity index (χ2n) is 6.98. The number of rotatable bonds is 8. The Bertz CT molecular complexity index is 967. The number of benzene rings is 3. The molecular weight excluding hydrogens is 350 g/mol. The van der Waals surface area contributed by atoms with E-state index in [1.165, 1.54) is 5.56 Å². The van der Waals surface area contributed by atoms with Gasteiger partial charge in [-0.25, -0.2) is 0 Å². The van der Waals surface area contributed by atoms with E-state index < -0.39 is 0 Å². The number of hydrogen-bond donors (Lipinski definition) is 1. The van der Waals surface area contributed by atoms with E-state index in [0.29, 0.717) is 30.1 Å². The van der Waals surface area contributed by atoms with Crippen molar-refractivity contribution < 1.29 is 14.3 Å². The molecule has 3 aromatic carbocycles. The summed E-state index contributed by atoms with van der Waals surface area (Å²) in [6.45, 7) is 1.16. The molecule has 2 atom stereocenters. The fourth-order valence-corrected chi connectivity index (χ4v) is 3.38. The fourth-order valence-electron chi connectivity index (χ4n) is 3.38. The minimum Gasteiger partial charge on any atom is -0.464 e. The average molecular weight is 371 g/mol. The van der Waals surface area contributed by atoms with E-state index >= 15 is 0 Å². The first-order chi connectivity index (χ1) is 13.7. The number of ether oxygens (including phenoxy) is 1. The van der Waals surface area contributed by atoms with E-state index in [0.717, 1.165) is 17.7 Å². The Hall–Kier alpha value is -3.40. The maximum absolute atomic E-state index is 12.6. The van der Waals surface area contributed by atoms with E-state index in [1.54, 1.807) is 0 Å². The maximum atomic E-state index is 12.6. The van der Waals surface area contributed by atoms with Gasteiger partial charge in [0, 0.05) is 29.3 Å². The lowest BCUT2D eigenvalue weighted by Crippen LogP contribution is -2.04. The van der Waals surface area contributed by atoms with Crippen LogP contribution in [0.4, 0.5) is 5.69 Å². The summed E-state index contributed by atoms with van der Waals surface area (Å²) in [7, 11) is 0. The van der Waals surface area contributed by atoms with Gasteiger partial charge in [0.1, 0.15) is 6.10 Å². The Morgan fingerprint density at radius 1 is 0.964 bits per heavy atom. The summed E-state index contributed by atoms with van der Waals surface area (Å²) in [5.41, 5.74) is 4.63. The highest BCUT2D eigenvalue weighted by molar-refractivity contribution is 6.09. The van der Waals surface area contributed by atoms with Crippen LogP contribution in [0, 0.1) is 0 Å². The number of ketones is 1. The molecule has 1 fully saturated rings. The largest absolute Gasteiger partial charge is 0.464 e. The zero-order chi connectivity index (χ0) is 19.3. The minimum absolute atomic E-state index is 0.0289. The van der Waals surface area contributed by atoms with Gasteiger partial charge in [-0.15, -0.1) is 0 Å². The normalized spacial score (nSPS) is 17.6. The Kier molecular flexibility index (Phi) is 5.20. The molecule has 1 aliphatic carbocycles. The third-order valence-electron chi connectivity index (χ3n) is 5.02. The molecule has 140 valence electrons. The van der Waals surface area contributed by atoms with Crippen LogP contribution in [0.5, 0.6) is 0 Å². The van der Waals surface area contributed by atoms with E-state index in [4.69, 9.17) is 4.74 Å². The molecule has 0 radical (unpaired) electrons. The van der Waals surface area contributed by atoms with Crippen molar-refractivity contribution in [2.75, 3.05) is 5.32 Å². The van der Waals surface area contributed by atoms with Crippen molar-refractivity contribution in [3.63, 3.8) is 0 Å². The molecule has 0 aromatic heterocycles. The first-order valence-corrected chi connectivity index (χ1v) is 9.36. The molecule has 4 heteroatoms. The summed E-state index contributed by atoms with van der Waals surface area (Å²) in [6.07, 6.45) is 0.925. The molecule has 0 bridgehead atoms. The van der Waals surface area contributed by atoms with Gasteiger partial charge < -0.3 is 10.1 Å². The lowest BCUT2D eigenvalue weighted by Gasteiger charge is -2.09. The molecule has 1 N–H and O–H groups in total. The molecule has 0 unspecified atom stereocenters. The number of carbonyl (C=O) groups is 2. The van der Waals surface area contributed by atoms with Gasteiger partial charge in [-0.1, -0.05) is 60.7 Å². The number of hydrogen-bond acceptors (Lipinski definition) is 4. The van der Waals surface area contributed by atoms with Crippen molar-refractivity contribution in [2.45, 2.75) is 25.0 Å². The summed E-state index contributed by atoms with van der Waals surface area (Å²) in [5.74, 6) is 0.350. The third kappa shape index (κ3) is 4.12. The van der Waals surface area contributed by atoms with E-state index in [9.17, 15) is 9.59 Å². The van der Waals surface area contributed by atoms with Crippen LogP contribution < -0.4 is 5.32 Å². The summed E-state index contributed by atoms with van der Waals surface area (Å²) < 4.78 is 4.99. The molecule has 0 heterocycles. The van der Waals surface area contributed by atoms with E-state index in [2.05, 4.69) is 17.4 Å². The molecule has 4 rings (SSSR count). The highest BCUT2D eigenvalue weighted by Gasteiger charge is 2.40. The Balaban J connectivity index is 1.37. The lowest BCUT2D eigenvalue weighted by atomic mass is 10.0. The first kappa shape index (κ1) is 18.0. The molecule has 4 nitrogen and oxygen atoms in total. The van der Waals surface area contributed by atoms with E-state index in [-0.39, 0.29) is 11.9 Å². The quantitative estimate of drug-likeness (QED) is 0.466. The van der Waals surface area contributed by atoms with Crippen molar-refractivity contribution >= 4 is 17.9 Å². The average Bonchev–Trinajstić information content (AvgIpc) is 3.52. The molecule has 1 saturated carbocycles. The van der Waals surface area contributed by atoms with Crippen LogP contribution in [0.15, 0.2) is 78.9 Å². The third-order valence-corrected chi connectivity index (χ3v) is 5.02. The second-order valence-corrected chi connectivity index (χ2v) is 6.98. The molecular formula is C24H21NO3. The van der Waals surface area contributed by atoms with Crippen LogP contribution in [0.2, 0.25) is 0 Å². The van der Waals surface area contributed by atoms with Gasteiger partial charge in [0.15, 0.2) is 5.78 Å². The van der Waals surface area contributed by atoms with Crippen LogP contribution >= 0.6 is 0 Å². The van der Waals surface area contributed by atoms with Crippen molar-refractivity contribution in [2.24, 2.45) is 0 Å². The van der Waals surface area contributed by atoms with Gasteiger partial charge in [-0.3, -0.25) is 9.59 Å². The predicted octanol–water partition coefficient (Wildman–Crippen LogP) is 4.56. The predicted molar refractivity (Wildman–Crippen MR) is 108 cm³/mol. The van der Waals surface area contributed by atoms with E-state index in [1.807, 2.05) is 66.7 Å². The van der Waals surface area contributed by atoms with Crippen molar-refractivity contribution in [3.05, 3.63) is 101 Å². The summed E-state index contributed by atoms with van der Waals surface area (Å²) in [6, 6.07) is 25.2. The molecule has 3 aromatic rings. The van der Waals surface area contributed by atoms with Crippen molar-refractivity contribution in [3.8, 4) is 0 Å². The zero-order valence-corrected chi connectivity index (χ0v) is 15.4. The summed E-state index contributed by atoms with van der Waals surface area (Å²) in [4.78, 5) is 23.0. The minimum atomic E-state index is 0.0289. The number of anilines is 1. The molecule has 0 saturated heterocycles. The lowest BCUT2D eigenvalue weighted by molar-refractivity contribution is -0.129. The van der Waals surface area contributed by atoms with Crippen molar-refractivity contribution in [1.82, 2.24) is 0 Å². The van der Waals surface area contributed by atoms with Crippen LogP contribution in [0.25, 0.3) is 0 Å². The van der Waals surface area contributed by atoms with Gasteiger partial charge in [0.2, 0.25) is 0 Å². The highest BCUT2D eigenvalue weighted by Crippen LogP contribution is 2.43. The second kappa shape index (κ2) is 8.09. The maximum Gasteiger partial charge on any atom is 0.293 e. The van der Waals surface area contributed by atoms with Gasteiger partial charge in [0.25, 0.3) is 6.47 Å². The smallest absolute Gasteiger partial charge is 0.293 e. The molecule has 0 aliphatic heterocycles. The molecule has 0 spiro atoms. The zero-order valence-electron chi connectivity index (χ0n) is 15.4. The van der Waals surface area contributed by atoms with Gasteiger partial charge in [-0.05, 0) is 35.7 Å².